The fourth-order valence-electron chi connectivity index (χ4n) is 2.03. The Labute approximate surface area is 118 Å². The maximum absolute atomic E-state index is 11.9. The van der Waals surface area contributed by atoms with Crippen molar-refractivity contribution in [3.63, 3.8) is 0 Å². The molecular formula is C15H19NO4. The van der Waals surface area contributed by atoms with E-state index in [9.17, 15) is 9.59 Å². The van der Waals surface area contributed by atoms with Crippen molar-refractivity contribution in [2.24, 2.45) is 0 Å². The lowest BCUT2D eigenvalue weighted by molar-refractivity contribution is -0.147. The molecule has 0 aromatic heterocycles. The molecule has 0 atom stereocenters. The van der Waals surface area contributed by atoms with Gasteiger partial charge in [0.15, 0.2) is 0 Å². The summed E-state index contributed by atoms with van der Waals surface area (Å²) in [7, 11) is 0. The summed E-state index contributed by atoms with van der Waals surface area (Å²) in [6.07, 6.45) is 2.53. The van der Waals surface area contributed by atoms with Crippen LogP contribution in [-0.4, -0.2) is 47.7 Å². The van der Waals surface area contributed by atoms with Crippen LogP contribution in [0, 0.1) is 0 Å². The number of amides is 1. The molecule has 0 radical (unpaired) electrons. The highest BCUT2D eigenvalue weighted by atomic mass is 16.5. The zero-order chi connectivity index (χ0) is 14.4. The molecule has 5 nitrogen and oxygen atoms in total. The van der Waals surface area contributed by atoms with Crippen LogP contribution in [0.1, 0.15) is 18.4 Å². The van der Waals surface area contributed by atoms with Gasteiger partial charge in [-0.25, -0.2) is 0 Å². The number of nitrogens with zero attached hydrogens (tertiary/aromatic N) is 1. The van der Waals surface area contributed by atoms with Gasteiger partial charge in [-0.1, -0.05) is 30.3 Å². The molecule has 108 valence electrons. The minimum atomic E-state index is -0.977. The molecule has 1 aliphatic rings. The van der Waals surface area contributed by atoms with E-state index in [1.165, 1.54) is 4.90 Å². The summed E-state index contributed by atoms with van der Waals surface area (Å²) < 4.78 is 5.36. The molecule has 0 bridgehead atoms. The molecule has 0 heterocycles. The van der Waals surface area contributed by atoms with Gasteiger partial charge >= 0.3 is 5.97 Å². The first-order chi connectivity index (χ1) is 9.66. The van der Waals surface area contributed by atoms with Crippen LogP contribution in [0.4, 0.5) is 0 Å². The SMILES string of the molecule is O=C(O)CN(C(=O)COCCc1ccccc1)C1CC1. The normalized spacial score (nSPS) is 14.0. The van der Waals surface area contributed by atoms with E-state index >= 15 is 0 Å². The molecule has 1 fully saturated rings. The first-order valence-electron chi connectivity index (χ1n) is 6.80. The van der Waals surface area contributed by atoms with Gasteiger partial charge < -0.3 is 14.7 Å². The Morgan fingerprint density at radius 1 is 1.25 bits per heavy atom. The van der Waals surface area contributed by atoms with Gasteiger partial charge in [0.05, 0.1) is 6.61 Å². The maximum atomic E-state index is 11.9. The fraction of sp³-hybridized carbons (Fsp3) is 0.467. The van der Waals surface area contributed by atoms with Crippen LogP contribution in [0.2, 0.25) is 0 Å². The lowest BCUT2D eigenvalue weighted by Gasteiger charge is -2.20. The van der Waals surface area contributed by atoms with E-state index in [2.05, 4.69) is 0 Å². The van der Waals surface area contributed by atoms with Crippen LogP contribution in [-0.2, 0) is 20.7 Å². The summed E-state index contributed by atoms with van der Waals surface area (Å²) in [5.41, 5.74) is 1.16. The second-order valence-electron chi connectivity index (χ2n) is 4.93. The van der Waals surface area contributed by atoms with Crippen molar-refractivity contribution in [3.05, 3.63) is 35.9 Å². The fourth-order valence-corrected chi connectivity index (χ4v) is 2.03. The molecular weight excluding hydrogens is 258 g/mol. The third kappa shape index (κ3) is 4.66. The smallest absolute Gasteiger partial charge is 0.323 e. The Balaban J connectivity index is 1.69. The number of carboxylic acids is 1. The van der Waals surface area contributed by atoms with E-state index in [-0.39, 0.29) is 25.1 Å². The predicted octanol–water partition coefficient (Wildman–Crippen LogP) is 1.32. The number of ether oxygens (including phenoxy) is 1. The molecule has 1 saturated carbocycles. The Bertz CT molecular complexity index is 456. The van der Waals surface area contributed by atoms with Crippen molar-refractivity contribution in [3.8, 4) is 0 Å². The topological polar surface area (TPSA) is 66.8 Å². The number of hydrogen-bond donors (Lipinski definition) is 1. The lowest BCUT2D eigenvalue weighted by atomic mass is 10.2. The Morgan fingerprint density at radius 2 is 1.95 bits per heavy atom. The van der Waals surface area contributed by atoms with Gasteiger partial charge in [-0.3, -0.25) is 9.59 Å². The van der Waals surface area contributed by atoms with E-state index < -0.39 is 5.97 Å². The van der Waals surface area contributed by atoms with Gasteiger partial charge in [-0.15, -0.1) is 0 Å². The highest BCUT2D eigenvalue weighted by Crippen LogP contribution is 2.26. The third-order valence-electron chi connectivity index (χ3n) is 3.22. The summed E-state index contributed by atoms with van der Waals surface area (Å²) in [6.45, 7) is 0.184. The monoisotopic (exact) mass is 277 g/mol. The third-order valence-corrected chi connectivity index (χ3v) is 3.22. The van der Waals surface area contributed by atoms with E-state index in [0.29, 0.717) is 6.61 Å². The van der Waals surface area contributed by atoms with Crippen molar-refractivity contribution in [2.75, 3.05) is 19.8 Å². The predicted molar refractivity (Wildman–Crippen MR) is 73.3 cm³/mol. The minimum Gasteiger partial charge on any atom is -0.480 e. The van der Waals surface area contributed by atoms with Gasteiger partial charge in [0.25, 0.3) is 0 Å². The molecule has 0 aliphatic heterocycles. The van der Waals surface area contributed by atoms with Crippen LogP contribution in [0.3, 0.4) is 0 Å². The van der Waals surface area contributed by atoms with E-state index in [1.807, 2.05) is 30.3 Å². The first kappa shape index (κ1) is 14.5. The van der Waals surface area contributed by atoms with Crippen molar-refractivity contribution >= 4 is 11.9 Å². The van der Waals surface area contributed by atoms with Crippen LogP contribution < -0.4 is 0 Å². The van der Waals surface area contributed by atoms with E-state index in [1.54, 1.807) is 0 Å². The highest BCUT2D eigenvalue weighted by Gasteiger charge is 2.33. The zero-order valence-electron chi connectivity index (χ0n) is 11.3. The van der Waals surface area contributed by atoms with Gasteiger partial charge in [0.2, 0.25) is 5.91 Å². The summed E-state index contributed by atoms with van der Waals surface area (Å²) in [6, 6.07) is 9.98. The average Bonchev–Trinajstić information content (AvgIpc) is 3.26. The van der Waals surface area contributed by atoms with Crippen LogP contribution in [0.25, 0.3) is 0 Å². The standard InChI is InChI=1S/C15H19NO4/c17-14(16(10-15(18)19)13-6-7-13)11-20-9-8-12-4-2-1-3-5-12/h1-5,13H,6-11H2,(H,18,19). The van der Waals surface area contributed by atoms with Crippen LogP contribution in [0.5, 0.6) is 0 Å². The second-order valence-corrected chi connectivity index (χ2v) is 4.93. The second kappa shape index (κ2) is 7.05. The molecule has 1 aromatic carbocycles. The minimum absolute atomic E-state index is 0.0450. The molecule has 20 heavy (non-hydrogen) atoms. The summed E-state index contributed by atoms with van der Waals surface area (Å²) in [5.74, 6) is -1.21. The summed E-state index contributed by atoms with van der Waals surface area (Å²) in [4.78, 5) is 24.0. The Kier molecular flexibility index (Phi) is 5.12. The molecule has 0 saturated heterocycles. The van der Waals surface area contributed by atoms with Crippen molar-refractivity contribution < 1.29 is 19.4 Å². The maximum Gasteiger partial charge on any atom is 0.323 e. The Morgan fingerprint density at radius 3 is 2.55 bits per heavy atom. The molecule has 0 unspecified atom stereocenters. The van der Waals surface area contributed by atoms with Crippen LogP contribution >= 0.6 is 0 Å². The Hall–Kier alpha value is -1.88. The summed E-state index contributed by atoms with van der Waals surface area (Å²) in [5, 5.41) is 8.80. The molecule has 5 heteroatoms. The number of carboxylic acid groups (broad SMARTS) is 1. The van der Waals surface area contributed by atoms with E-state index in [0.717, 1.165) is 24.8 Å². The largest absolute Gasteiger partial charge is 0.480 e. The molecule has 1 aliphatic carbocycles. The number of rotatable bonds is 8. The van der Waals surface area contributed by atoms with Crippen LogP contribution in [0.15, 0.2) is 30.3 Å². The number of carbonyl (C=O) groups excluding carboxylic acids is 1. The number of hydrogen-bond acceptors (Lipinski definition) is 3. The first-order valence-corrected chi connectivity index (χ1v) is 6.80. The quantitative estimate of drug-likeness (QED) is 0.728. The van der Waals surface area contributed by atoms with Crippen molar-refractivity contribution in [2.45, 2.75) is 25.3 Å². The molecule has 1 N–H and O–H groups in total. The zero-order valence-corrected chi connectivity index (χ0v) is 11.3. The number of carbonyl (C=O) groups is 2. The molecule has 1 amide bonds. The molecule has 1 aromatic rings. The lowest BCUT2D eigenvalue weighted by Crippen LogP contribution is -2.39. The van der Waals surface area contributed by atoms with Gasteiger partial charge in [-0.05, 0) is 24.8 Å². The molecule has 0 spiro atoms. The average molecular weight is 277 g/mol. The van der Waals surface area contributed by atoms with Gasteiger partial charge in [0.1, 0.15) is 13.2 Å². The van der Waals surface area contributed by atoms with Crippen molar-refractivity contribution in [1.82, 2.24) is 4.90 Å². The molecule has 2 rings (SSSR count). The number of aliphatic carboxylic acids is 1. The van der Waals surface area contributed by atoms with Gasteiger partial charge in [-0.2, -0.15) is 0 Å². The van der Waals surface area contributed by atoms with Gasteiger partial charge in [0, 0.05) is 6.04 Å². The van der Waals surface area contributed by atoms with Crippen molar-refractivity contribution in [1.29, 1.82) is 0 Å². The summed E-state index contributed by atoms with van der Waals surface area (Å²) >= 11 is 0. The van der Waals surface area contributed by atoms with E-state index in [4.69, 9.17) is 9.84 Å². The highest BCUT2D eigenvalue weighted by molar-refractivity contribution is 5.82. The number of benzene rings is 1.